The fourth-order valence-corrected chi connectivity index (χ4v) is 4.04. The third-order valence-corrected chi connectivity index (χ3v) is 6.05. The van der Waals surface area contributed by atoms with Crippen molar-refractivity contribution in [3.63, 3.8) is 0 Å². The highest BCUT2D eigenvalue weighted by molar-refractivity contribution is 5.97. The van der Waals surface area contributed by atoms with Crippen LogP contribution < -0.4 is 0 Å². The van der Waals surface area contributed by atoms with Crippen LogP contribution in [0, 0.1) is 0 Å². The number of nitrogens with zero attached hydrogens (tertiary/aromatic N) is 5. The van der Waals surface area contributed by atoms with Crippen LogP contribution in [0.5, 0.6) is 0 Å². The Morgan fingerprint density at radius 2 is 1.97 bits per heavy atom. The summed E-state index contributed by atoms with van der Waals surface area (Å²) in [6.07, 6.45) is 6.11. The van der Waals surface area contributed by atoms with Gasteiger partial charge in [0.15, 0.2) is 5.76 Å². The first-order chi connectivity index (χ1) is 14.6. The van der Waals surface area contributed by atoms with Crippen LogP contribution in [0.1, 0.15) is 67.3 Å². The van der Waals surface area contributed by atoms with Crippen molar-refractivity contribution in [1.29, 1.82) is 0 Å². The topological polar surface area (TPSA) is 97.3 Å². The van der Waals surface area contributed by atoms with Gasteiger partial charge in [0.25, 0.3) is 5.91 Å². The lowest BCUT2D eigenvalue weighted by Gasteiger charge is -2.32. The number of hydrogen-bond donors (Lipinski definition) is 1. The van der Waals surface area contributed by atoms with Gasteiger partial charge in [-0.05, 0) is 37.8 Å². The van der Waals surface area contributed by atoms with Gasteiger partial charge in [-0.3, -0.25) is 4.79 Å². The molecule has 0 spiro atoms. The second-order valence-corrected chi connectivity index (χ2v) is 7.78. The van der Waals surface area contributed by atoms with Crippen LogP contribution in [0.15, 0.2) is 47.2 Å². The van der Waals surface area contributed by atoms with Crippen molar-refractivity contribution < 1.29 is 14.4 Å². The predicted octanol–water partition coefficient (Wildman–Crippen LogP) is 3.28. The maximum Gasteiger partial charge on any atom is 0.256 e. The van der Waals surface area contributed by atoms with E-state index in [-0.39, 0.29) is 11.8 Å². The number of benzene rings is 1. The highest BCUT2D eigenvalue weighted by Gasteiger charge is 2.33. The van der Waals surface area contributed by atoms with Crippen molar-refractivity contribution in [2.75, 3.05) is 13.1 Å². The van der Waals surface area contributed by atoms with Crippen LogP contribution in [0.4, 0.5) is 0 Å². The number of hydrogen-bond acceptors (Lipinski definition) is 6. The van der Waals surface area contributed by atoms with Crippen molar-refractivity contribution >= 4 is 5.91 Å². The summed E-state index contributed by atoms with van der Waals surface area (Å²) < 4.78 is 5.49. The van der Waals surface area contributed by atoms with Crippen molar-refractivity contribution in [2.45, 2.75) is 51.0 Å². The van der Waals surface area contributed by atoms with Crippen LogP contribution in [0.2, 0.25) is 0 Å². The first-order valence-corrected chi connectivity index (χ1v) is 10.5. The molecule has 8 heteroatoms. The van der Waals surface area contributed by atoms with Crippen LogP contribution >= 0.6 is 0 Å². The smallest absolute Gasteiger partial charge is 0.256 e. The largest absolute Gasteiger partial charge is 0.382 e. The van der Waals surface area contributed by atoms with E-state index in [0.29, 0.717) is 42.9 Å². The third-order valence-electron chi connectivity index (χ3n) is 6.05. The maximum absolute atomic E-state index is 13.3. The molecule has 1 aromatic carbocycles. The fourth-order valence-electron chi connectivity index (χ4n) is 4.04. The zero-order chi connectivity index (χ0) is 21.1. The van der Waals surface area contributed by atoms with Gasteiger partial charge in [0.05, 0.1) is 29.3 Å². The molecule has 0 bridgehead atoms. The number of likely N-dealkylation sites (tertiary alicyclic amines) is 1. The summed E-state index contributed by atoms with van der Waals surface area (Å²) in [5.41, 5.74) is 1.03. The van der Waals surface area contributed by atoms with E-state index in [0.717, 1.165) is 18.5 Å². The van der Waals surface area contributed by atoms with E-state index < -0.39 is 5.60 Å². The monoisotopic (exact) mass is 409 g/mol. The number of aromatic nitrogens is 4. The normalized spacial score (nSPS) is 17.3. The van der Waals surface area contributed by atoms with Crippen LogP contribution in [-0.2, 0) is 5.60 Å². The lowest BCUT2D eigenvalue weighted by Crippen LogP contribution is -2.39. The summed E-state index contributed by atoms with van der Waals surface area (Å²) >= 11 is 0. The molecule has 1 atom stereocenters. The Kier molecular flexibility index (Phi) is 5.67. The molecule has 1 N–H and O–H groups in total. The minimum absolute atomic E-state index is 0.0464. The Morgan fingerprint density at radius 3 is 2.70 bits per heavy atom. The lowest BCUT2D eigenvalue weighted by molar-refractivity contribution is 0.00171. The molecular weight excluding hydrogens is 382 g/mol. The molecule has 4 rings (SSSR count). The molecule has 1 saturated heterocycles. The number of para-hydroxylation sites is 1. The summed E-state index contributed by atoms with van der Waals surface area (Å²) in [6.45, 7) is 5.11. The molecule has 158 valence electrons. The summed E-state index contributed by atoms with van der Waals surface area (Å²) in [6, 6.07) is 9.22. The van der Waals surface area contributed by atoms with Crippen LogP contribution in [0.3, 0.4) is 0 Å². The number of carbonyl (C=O) groups is 1. The number of rotatable bonds is 6. The number of aliphatic hydroxyl groups is 1. The van der Waals surface area contributed by atoms with E-state index in [4.69, 9.17) is 4.52 Å². The molecule has 3 heterocycles. The summed E-state index contributed by atoms with van der Waals surface area (Å²) in [5, 5.41) is 23.3. The van der Waals surface area contributed by atoms with Crippen molar-refractivity contribution in [3.05, 3.63) is 59.7 Å². The highest BCUT2D eigenvalue weighted by atomic mass is 16.5. The standard InChI is InChI=1S/C22H27N5O3/c1-3-22(29,4-2)20-14-18(25-30-20)16-8-7-13-26(15-16)21(28)17-9-5-6-10-19(17)27-23-11-12-24-27/h5-6,9-12,14,16,29H,3-4,7-8,13,15H2,1-2H3. The summed E-state index contributed by atoms with van der Waals surface area (Å²) in [5.74, 6) is 0.532. The molecule has 1 unspecified atom stereocenters. The van der Waals surface area contributed by atoms with E-state index >= 15 is 0 Å². The van der Waals surface area contributed by atoms with Gasteiger partial charge in [0, 0.05) is 25.1 Å². The Morgan fingerprint density at radius 1 is 1.23 bits per heavy atom. The quantitative estimate of drug-likeness (QED) is 0.671. The van der Waals surface area contributed by atoms with Crippen molar-refractivity contribution in [2.24, 2.45) is 0 Å². The number of carbonyl (C=O) groups excluding carboxylic acids is 1. The first kappa shape index (κ1) is 20.3. The summed E-state index contributed by atoms with van der Waals surface area (Å²) in [4.78, 5) is 16.6. The number of amides is 1. The molecule has 3 aromatic rings. The van der Waals surface area contributed by atoms with Crippen LogP contribution in [-0.4, -0.2) is 49.2 Å². The van der Waals surface area contributed by atoms with E-state index in [1.807, 2.05) is 43.0 Å². The van der Waals surface area contributed by atoms with E-state index in [1.54, 1.807) is 18.5 Å². The second-order valence-electron chi connectivity index (χ2n) is 7.78. The Bertz CT molecular complexity index is 994. The van der Waals surface area contributed by atoms with E-state index in [1.165, 1.54) is 4.80 Å². The van der Waals surface area contributed by atoms with Crippen molar-refractivity contribution in [3.8, 4) is 5.69 Å². The highest BCUT2D eigenvalue weighted by Crippen LogP contribution is 2.33. The fraction of sp³-hybridized carbons (Fsp3) is 0.455. The lowest BCUT2D eigenvalue weighted by atomic mass is 9.90. The zero-order valence-electron chi connectivity index (χ0n) is 17.4. The van der Waals surface area contributed by atoms with Gasteiger partial charge in [-0.1, -0.05) is 31.1 Å². The molecule has 0 saturated carbocycles. The molecule has 2 aromatic heterocycles. The zero-order valence-corrected chi connectivity index (χ0v) is 17.4. The van der Waals surface area contributed by atoms with Gasteiger partial charge >= 0.3 is 0 Å². The van der Waals surface area contributed by atoms with E-state index in [9.17, 15) is 9.90 Å². The van der Waals surface area contributed by atoms with Gasteiger partial charge in [-0.2, -0.15) is 15.0 Å². The van der Waals surface area contributed by atoms with E-state index in [2.05, 4.69) is 15.4 Å². The molecule has 1 aliphatic rings. The van der Waals surface area contributed by atoms with Crippen molar-refractivity contribution in [1.82, 2.24) is 25.1 Å². The van der Waals surface area contributed by atoms with Gasteiger partial charge in [-0.25, -0.2) is 0 Å². The molecule has 0 aliphatic carbocycles. The Balaban J connectivity index is 1.54. The van der Waals surface area contributed by atoms with Gasteiger partial charge in [-0.15, -0.1) is 0 Å². The SMILES string of the molecule is CCC(O)(CC)c1cc(C2CCCN(C(=O)c3ccccc3-n3nccn3)C2)no1. The molecule has 8 nitrogen and oxygen atoms in total. The molecule has 1 fully saturated rings. The van der Waals surface area contributed by atoms with Crippen LogP contribution in [0.25, 0.3) is 5.69 Å². The first-order valence-electron chi connectivity index (χ1n) is 10.5. The average molecular weight is 409 g/mol. The average Bonchev–Trinajstić information content (AvgIpc) is 3.51. The van der Waals surface area contributed by atoms with Gasteiger partial charge in [0.1, 0.15) is 5.60 Å². The molecule has 1 amide bonds. The minimum Gasteiger partial charge on any atom is -0.382 e. The molecule has 30 heavy (non-hydrogen) atoms. The molecule has 1 aliphatic heterocycles. The summed E-state index contributed by atoms with van der Waals surface area (Å²) in [7, 11) is 0. The van der Waals surface area contributed by atoms with Gasteiger partial charge in [0.2, 0.25) is 0 Å². The minimum atomic E-state index is -0.995. The Labute approximate surface area is 175 Å². The third kappa shape index (κ3) is 3.75. The predicted molar refractivity (Wildman–Crippen MR) is 110 cm³/mol. The van der Waals surface area contributed by atoms with Gasteiger partial charge < -0.3 is 14.5 Å². The second kappa shape index (κ2) is 8.39. The molecular formula is C22H27N5O3. The Hall–Kier alpha value is -3.00. The molecule has 0 radical (unpaired) electrons. The maximum atomic E-state index is 13.3. The number of piperidine rings is 1.